The molecule has 4 rings (SSSR count). The summed E-state index contributed by atoms with van der Waals surface area (Å²) in [5, 5.41) is 0.406. The van der Waals surface area contributed by atoms with Gasteiger partial charge in [0.05, 0.1) is 38.2 Å². The van der Waals surface area contributed by atoms with Crippen LogP contribution in [0.1, 0.15) is 16.7 Å². The first-order valence-electron chi connectivity index (χ1n) is 10.4. The summed E-state index contributed by atoms with van der Waals surface area (Å²) in [4.78, 5) is 19.4. The van der Waals surface area contributed by atoms with Crippen molar-refractivity contribution in [2.45, 2.75) is 31.6 Å². The molecule has 0 aliphatic carbocycles. The van der Waals surface area contributed by atoms with Crippen LogP contribution < -0.4 is 14.4 Å². The third-order valence-electron chi connectivity index (χ3n) is 5.79. The molecule has 10 heteroatoms. The lowest BCUT2D eigenvalue weighted by molar-refractivity contribution is -0.117. The van der Waals surface area contributed by atoms with Gasteiger partial charge >= 0.3 is 0 Å². The molecule has 2 unspecified atom stereocenters. The van der Waals surface area contributed by atoms with Gasteiger partial charge in [-0.15, -0.1) is 0 Å². The maximum absolute atomic E-state index is 12.9. The Hall–Kier alpha value is -2.04. The van der Waals surface area contributed by atoms with Crippen molar-refractivity contribution in [3.8, 4) is 11.5 Å². The van der Waals surface area contributed by atoms with E-state index >= 15 is 0 Å². The van der Waals surface area contributed by atoms with Gasteiger partial charge in [-0.25, -0.2) is 8.42 Å². The van der Waals surface area contributed by atoms with E-state index in [9.17, 15) is 13.2 Å². The zero-order chi connectivity index (χ0) is 23.9. The van der Waals surface area contributed by atoms with Crippen LogP contribution in [0.5, 0.6) is 11.5 Å². The molecule has 2 aromatic rings. The summed E-state index contributed by atoms with van der Waals surface area (Å²) in [5.41, 5.74) is 3.66. The maximum Gasteiger partial charge on any atom is 0.252 e. The number of nitrogens with zero attached hydrogens (tertiary/aromatic N) is 2. The molecule has 0 bridgehead atoms. The standard InChI is InChI=1S/C23H25BrN2O5S2/c1-13-7-16(24)8-14(2)22(13)26-17-11-33(28,29)12-20(17)32-23(26)25-21(27)10-15-5-6-18(30-3)19(9-15)31-4/h5-9,17,20H,10-12H2,1-4H3. The van der Waals surface area contributed by atoms with E-state index in [1.54, 1.807) is 26.4 Å². The molecule has 0 spiro atoms. The number of hydrogen-bond donors (Lipinski definition) is 0. The normalized spacial score (nSPS) is 22.5. The number of anilines is 1. The lowest BCUT2D eigenvalue weighted by Crippen LogP contribution is -2.38. The minimum absolute atomic E-state index is 0.0580. The second-order valence-electron chi connectivity index (χ2n) is 8.21. The van der Waals surface area contributed by atoms with E-state index in [-0.39, 0.29) is 35.1 Å². The average Bonchev–Trinajstić information content (AvgIpc) is 3.18. The average molecular weight is 554 g/mol. The minimum atomic E-state index is -3.13. The fourth-order valence-corrected chi connectivity index (χ4v) is 9.02. The van der Waals surface area contributed by atoms with Crippen LogP contribution in [0.2, 0.25) is 0 Å². The van der Waals surface area contributed by atoms with Gasteiger partial charge < -0.3 is 14.4 Å². The van der Waals surface area contributed by atoms with E-state index in [0.29, 0.717) is 16.7 Å². The molecule has 2 atom stereocenters. The Kier molecular flexibility index (Phi) is 6.80. The number of carbonyl (C=O) groups excluding carboxylic acids is 1. The van der Waals surface area contributed by atoms with Crippen molar-refractivity contribution in [2.75, 3.05) is 30.6 Å². The Morgan fingerprint density at radius 3 is 2.42 bits per heavy atom. The predicted octanol–water partition coefficient (Wildman–Crippen LogP) is 3.93. The molecular formula is C23H25BrN2O5S2. The van der Waals surface area contributed by atoms with Gasteiger partial charge in [0.25, 0.3) is 5.91 Å². The number of ether oxygens (including phenoxy) is 2. The molecule has 2 aliphatic heterocycles. The smallest absolute Gasteiger partial charge is 0.252 e. The van der Waals surface area contributed by atoms with E-state index in [1.165, 1.54) is 11.8 Å². The number of halogens is 1. The van der Waals surface area contributed by atoms with Crippen molar-refractivity contribution in [3.05, 3.63) is 51.5 Å². The number of carbonyl (C=O) groups is 1. The summed E-state index contributed by atoms with van der Waals surface area (Å²) in [5.74, 6) is 0.990. The topological polar surface area (TPSA) is 85.3 Å². The number of aliphatic imine (C=N–C) groups is 1. The zero-order valence-electron chi connectivity index (χ0n) is 18.8. The van der Waals surface area contributed by atoms with Crippen LogP contribution in [-0.2, 0) is 21.1 Å². The van der Waals surface area contributed by atoms with Crippen molar-refractivity contribution in [3.63, 3.8) is 0 Å². The summed E-state index contributed by atoms with van der Waals surface area (Å²) in [6, 6.07) is 9.07. The SMILES string of the molecule is COc1ccc(CC(=O)N=C2SC3CS(=O)(=O)CC3N2c2c(C)cc(Br)cc2C)cc1OC. The minimum Gasteiger partial charge on any atom is -0.493 e. The third-order valence-corrected chi connectivity index (χ3v) is 9.45. The van der Waals surface area contributed by atoms with Crippen molar-refractivity contribution in [1.82, 2.24) is 0 Å². The Morgan fingerprint density at radius 1 is 1.12 bits per heavy atom. The van der Waals surface area contributed by atoms with E-state index in [2.05, 4.69) is 20.9 Å². The van der Waals surface area contributed by atoms with Crippen LogP contribution in [0.25, 0.3) is 0 Å². The number of methoxy groups -OCH3 is 2. The summed E-state index contributed by atoms with van der Waals surface area (Å²) in [7, 11) is -0.0252. The molecule has 2 saturated heterocycles. The Morgan fingerprint density at radius 2 is 1.79 bits per heavy atom. The van der Waals surface area contributed by atoms with Gasteiger partial charge in [0, 0.05) is 15.4 Å². The van der Waals surface area contributed by atoms with Gasteiger partial charge in [-0.05, 0) is 54.8 Å². The van der Waals surface area contributed by atoms with E-state index < -0.39 is 9.84 Å². The monoisotopic (exact) mass is 552 g/mol. The first-order valence-corrected chi connectivity index (χ1v) is 13.9. The van der Waals surface area contributed by atoms with Crippen LogP contribution in [0, 0.1) is 13.8 Å². The van der Waals surface area contributed by atoms with E-state index in [4.69, 9.17) is 9.47 Å². The molecule has 0 N–H and O–H groups in total. The molecule has 0 aromatic heterocycles. The van der Waals surface area contributed by atoms with Gasteiger partial charge in [-0.2, -0.15) is 4.99 Å². The second kappa shape index (κ2) is 9.31. The number of fused-ring (bicyclic) bond motifs is 1. The number of thioether (sulfide) groups is 1. The van der Waals surface area contributed by atoms with Crippen molar-refractivity contribution < 1.29 is 22.7 Å². The molecule has 2 fully saturated rings. The highest BCUT2D eigenvalue weighted by molar-refractivity contribution is 9.10. The molecule has 2 aromatic carbocycles. The molecule has 176 valence electrons. The molecule has 1 amide bonds. The molecule has 2 heterocycles. The number of benzene rings is 2. The molecule has 33 heavy (non-hydrogen) atoms. The lowest BCUT2D eigenvalue weighted by atomic mass is 10.1. The summed E-state index contributed by atoms with van der Waals surface area (Å²) in [6.07, 6.45) is 0.101. The number of sulfone groups is 1. The number of amides is 1. The number of amidine groups is 1. The van der Waals surface area contributed by atoms with Gasteiger partial charge in [0.2, 0.25) is 0 Å². The van der Waals surface area contributed by atoms with Crippen LogP contribution in [0.3, 0.4) is 0 Å². The van der Waals surface area contributed by atoms with Crippen LogP contribution in [0.15, 0.2) is 39.8 Å². The number of aryl methyl sites for hydroxylation is 2. The highest BCUT2D eigenvalue weighted by Gasteiger charge is 2.50. The Labute approximate surface area is 206 Å². The lowest BCUT2D eigenvalue weighted by Gasteiger charge is -2.28. The fraction of sp³-hybridized carbons (Fsp3) is 0.391. The summed E-state index contributed by atoms with van der Waals surface area (Å²) < 4.78 is 36.2. The van der Waals surface area contributed by atoms with Crippen molar-refractivity contribution >= 4 is 54.3 Å². The number of rotatable bonds is 5. The molecule has 0 saturated carbocycles. The highest BCUT2D eigenvalue weighted by atomic mass is 79.9. The third kappa shape index (κ3) is 4.93. The summed E-state index contributed by atoms with van der Waals surface area (Å²) >= 11 is 4.90. The van der Waals surface area contributed by atoms with Gasteiger partial charge in [0.1, 0.15) is 0 Å². The molecule has 0 radical (unpaired) electrons. The molecule has 7 nitrogen and oxygen atoms in total. The van der Waals surface area contributed by atoms with Crippen LogP contribution >= 0.6 is 27.7 Å². The van der Waals surface area contributed by atoms with Gasteiger partial charge in [-0.1, -0.05) is 33.8 Å². The van der Waals surface area contributed by atoms with Gasteiger partial charge in [0.15, 0.2) is 26.5 Å². The van der Waals surface area contributed by atoms with Crippen LogP contribution in [-0.4, -0.2) is 56.5 Å². The van der Waals surface area contributed by atoms with Gasteiger partial charge in [-0.3, -0.25) is 4.79 Å². The van der Waals surface area contributed by atoms with Crippen molar-refractivity contribution in [2.24, 2.45) is 4.99 Å². The maximum atomic E-state index is 12.9. The molecule has 2 aliphatic rings. The predicted molar refractivity (Wildman–Crippen MR) is 136 cm³/mol. The number of hydrogen-bond acceptors (Lipinski definition) is 6. The van der Waals surface area contributed by atoms with Crippen LogP contribution in [0.4, 0.5) is 5.69 Å². The van der Waals surface area contributed by atoms with Crippen molar-refractivity contribution in [1.29, 1.82) is 0 Å². The fourth-order valence-electron chi connectivity index (χ4n) is 4.42. The summed E-state index contributed by atoms with van der Waals surface area (Å²) in [6.45, 7) is 3.97. The zero-order valence-corrected chi connectivity index (χ0v) is 22.0. The first-order chi connectivity index (χ1) is 15.6. The largest absolute Gasteiger partial charge is 0.493 e. The van der Waals surface area contributed by atoms with E-state index in [1.807, 2.05) is 36.9 Å². The quantitative estimate of drug-likeness (QED) is 0.555. The molecular weight excluding hydrogens is 528 g/mol. The Balaban J connectivity index is 1.68. The van der Waals surface area contributed by atoms with E-state index in [0.717, 1.165) is 26.9 Å². The highest BCUT2D eigenvalue weighted by Crippen LogP contribution is 2.43. The Bertz CT molecular complexity index is 1220. The second-order valence-corrected chi connectivity index (χ2v) is 12.5. The first kappa shape index (κ1) is 24.1.